The van der Waals surface area contributed by atoms with E-state index in [4.69, 9.17) is 9.47 Å². The number of thiazole rings is 1. The van der Waals surface area contributed by atoms with Gasteiger partial charge in [0.25, 0.3) is 5.91 Å². The number of nitrogens with zero attached hydrogens (tertiary/aromatic N) is 3. The van der Waals surface area contributed by atoms with Crippen LogP contribution in [0, 0.1) is 13.8 Å². The predicted octanol–water partition coefficient (Wildman–Crippen LogP) is 2.95. The highest BCUT2D eigenvalue weighted by atomic mass is 32.1. The minimum Gasteiger partial charge on any atom is -0.454 e. The van der Waals surface area contributed by atoms with Crippen molar-refractivity contribution in [1.29, 1.82) is 0 Å². The number of aromatic nitrogens is 3. The van der Waals surface area contributed by atoms with Crippen molar-refractivity contribution in [2.24, 2.45) is 0 Å². The zero-order chi connectivity index (χ0) is 18.8. The Morgan fingerprint density at radius 2 is 1.89 bits per heavy atom. The summed E-state index contributed by atoms with van der Waals surface area (Å²) >= 11 is 1.32. The van der Waals surface area contributed by atoms with Crippen LogP contribution in [0.4, 0.5) is 11.1 Å². The fourth-order valence-corrected chi connectivity index (χ4v) is 3.32. The first-order valence-electron chi connectivity index (χ1n) is 8.28. The third-order valence-electron chi connectivity index (χ3n) is 3.83. The van der Waals surface area contributed by atoms with Gasteiger partial charge in [0.1, 0.15) is 5.69 Å². The second-order valence-electron chi connectivity index (χ2n) is 6.01. The molecule has 3 heterocycles. The van der Waals surface area contributed by atoms with Gasteiger partial charge in [-0.25, -0.2) is 15.0 Å². The van der Waals surface area contributed by atoms with Crippen molar-refractivity contribution in [2.75, 3.05) is 12.1 Å². The molecule has 27 heavy (non-hydrogen) atoms. The summed E-state index contributed by atoms with van der Waals surface area (Å²) in [5.74, 6) is 1.62. The Morgan fingerprint density at radius 3 is 2.70 bits per heavy atom. The Balaban J connectivity index is 1.38. The fourth-order valence-electron chi connectivity index (χ4n) is 2.64. The van der Waals surface area contributed by atoms with E-state index in [2.05, 4.69) is 25.6 Å². The number of aryl methyl sites for hydroxylation is 2. The topological polar surface area (TPSA) is 98.3 Å². The van der Waals surface area contributed by atoms with Crippen LogP contribution < -0.4 is 20.1 Å². The predicted molar refractivity (Wildman–Crippen MR) is 101 cm³/mol. The fraction of sp³-hybridized carbons (Fsp3) is 0.222. The number of benzene rings is 1. The van der Waals surface area contributed by atoms with Gasteiger partial charge >= 0.3 is 0 Å². The highest BCUT2D eigenvalue weighted by molar-refractivity contribution is 7.14. The van der Waals surface area contributed by atoms with Crippen LogP contribution in [0.25, 0.3) is 0 Å². The first kappa shape index (κ1) is 17.2. The van der Waals surface area contributed by atoms with Gasteiger partial charge in [0.15, 0.2) is 16.6 Å². The Labute approximate surface area is 159 Å². The molecule has 0 saturated carbocycles. The first-order chi connectivity index (χ1) is 13.1. The number of carbonyl (C=O) groups excluding carboxylic acids is 1. The minimum absolute atomic E-state index is 0.226. The van der Waals surface area contributed by atoms with E-state index in [9.17, 15) is 4.79 Å². The van der Waals surface area contributed by atoms with Gasteiger partial charge in [-0.15, -0.1) is 11.3 Å². The lowest BCUT2D eigenvalue weighted by atomic mass is 10.2. The number of hydrogen-bond donors (Lipinski definition) is 2. The summed E-state index contributed by atoms with van der Waals surface area (Å²) in [4.78, 5) is 25.3. The van der Waals surface area contributed by atoms with Crippen LogP contribution in [-0.2, 0) is 6.54 Å². The average Bonchev–Trinajstić information content (AvgIpc) is 3.27. The molecule has 0 aliphatic carbocycles. The molecule has 9 heteroatoms. The summed E-state index contributed by atoms with van der Waals surface area (Å²) in [6, 6.07) is 7.47. The number of anilines is 2. The van der Waals surface area contributed by atoms with E-state index < -0.39 is 0 Å². The van der Waals surface area contributed by atoms with E-state index in [0.29, 0.717) is 34.8 Å². The molecule has 4 rings (SSSR count). The molecule has 3 aromatic rings. The number of ether oxygens (including phenoxy) is 2. The summed E-state index contributed by atoms with van der Waals surface area (Å²) < 4.78 is 10.6. The van der Waals surface area contributed by atoms with Crippen LogP contribution in [0.15, 0.2) is 29.6 Å². The molecule has 0 unspecified atom stereocenters. The van der Waals surface area contributed by atoms with Crippen molar-refractivity contribution in [3.05, 3.63) is 52.3 Å². The number of carbonyl (C=O) groups is 1. The number of amides is 1. The lowest BCUT2D eigenvalue weighted by Gasteiger charge is -2.05. The van der Waals surface area contributed by atoms with Crippen LogP contribution in [0.3, 0.4) is 0 Å². The van der Waals surface area contributed by atoms with Gasteiger partial charge < -0.3 is 20.1 Å². The maximum atomic E-state index is 12.3. The van der Waals surface area contributed by atoms with Crippen molar-refractivity contribution < 1.29 is 14.3 Å². The Morgan fingerprint density at radius 1 is 1.11 bits per heavy atom. The third-order valence-corrected chi connectivity index (χ3v) is 4.59. The molecule has 0 radical (unpaired) electrons. The minimum atomic E-state index is -0.252. The largest absolute Gasteiger partial charge is 0.454 e. The van der Waals surface area contributed by atoms with Crippen molar-refractivity contribution >= 4 is 28.3 Å². The van der Waals surface area contributed by atoms with Gasteiger partial charge in [0.2, 0.25) is 12.7 Å². The van der Waals surface area contributed by atoms with Crippen molar-refractivity contribution in [3.63, 3.8) is 0 Å². The van der Waals surface area contributed by atoms with Gasteiger partial charge in [-0.1, -0.05) is 6.07 Å². The van der Waals surface area contributed by atoms with E-state index in [-0.39, 0.29) is 12.7 Å². The molecule has 1 aromatic carbocycles. The van der Waals surface area contributed by atoms with Gasteiger partial charge in [-0.05, 0) is 37.6 Å². The molecule has 0 fully saturated rings. The normalized spacial score (nSPS) is 12.1. The zero-order valence-corrected chi connectivity index (χ0v) is 15.6. The smallest absolute Gasteiger partial charge is 0.271 e. The highest BCUT2D eigenvalue weighted by Crippen LogP contribution is 2.32. The number of rotatable bonds is 5. The van der Waals surface area contributed by atoms with Gasteiger partial charge in [-0.3, -0.25) is 4.79 Å². The Bertz CT molecular complexity index is 984. The second-order valence-corrected chi connectivity index (χ2v) is 6.87. The molecule has 2 aromatic heterocycles. The molecule has 2 N–H and O–H groups in total. The molecule has 0 atom stereocenters. The molecular formula is C18H17N5O3S. The van der Waals surface area contributed by atoms with E-state index in [1.807, 2.05) is 38.1 Å². The standard InChI is InChI=1S/C18H17N5O3S/c1-10-5-11(2)21-17(20-10)23-18-22-13(8-27-18)16(24)19-7-12-3-4-14-15(6-12)26-9-25-14/h3-6,8H,7,9H2,1-2H3,(H,19,24)(H,20,21,22,23). The molecule has 1 amide bonds. The van der Waals surface area contributed by atoms with Gasteiger partial charge in [0.05, 0.1) is 0 Å². The van der Waals surface area contributed by atoms with Crippen LogP contribution >= 0.6 is 11.3 Å². The molecule has 0 spiro atoms. The number of hydrogen-bond acceptors (Lipinski definition) is 8. The van der Waals surface area contributed by atoms with Crippen LogP contribution in [0.5, 0.6) is 11.5 Å². The van der Waals surface area contributed by atoms with Crippen LogP contribution in [0.1, 0.15) is 27.4 Å². The Kier molecular flexibility index (Phi) is 4.59. The molecule has 1 aliphatic heterocycles. The SMILES string of the molecule is Cc1cc(C)nc(Nc2nc(C(=O)NCc3ccc4c(c3)OCO4)cs2)n1. The maximum absolute atomic E-state index is 12.3. The summed E-state index contributed by atoms with van der Waals surface area (Å²) in [6.07, 6.45) is 0. The Hall–Kier alpha value is -3.20. The van der Waals surface area contributed by atoms with Crippen LogP contribution in [0.2, 0.25) is 0 Å². The summed E-state index contributed by atoms with van der Waals surface area (Å²) in [6.45, 7) is 4.40. The average molecular weight is 383 g/mol. The van der Waals surface area contributed by atoms with Gasteiger partial charge in [-0.2, -0.15) is 0 Å². The van der Waals surface area contributed by atoms with Crippen molar-refractivity contribution in [1.82, 2.24) is 20.3 Å². The third kappa shape index (κ3) is 3.98. The summed E-state index contributed by atoms with van der Waals surface area (Å²) in [5.41, 5.74) is 2.99. The summed E-state index contributed by atoms with van der Waals surface area (Å²) in [5, 5.41) is 8.15. The van der Waals surface area contributed by atoms with Crippen molar-refractivity contribution in [2.45, 2.75) is 20.4 Å². The van der Waals surface area contributed by atoms with E-state index in [1.54, 1.807) is 5.38 Å². The first-order valence-corrected chi connectivity index (χ1v) is 9.16. The monoisotopic (exact) mass is 383 g/mol. The van der Waals surface area contributed by atoms with E-state index in [0.717, 1.165) is 17.0 Å². The van der Waals surface area contributed by atoms with Crippen molar-refractivity contribution in [3.8, 4) is 11.5 Å². The van der Waals surface area contributed by atoms with Crippen LogP contribution in [-0.4, -0.2) is 27.7 Å². The molecule has 0 saturated heterocycles. The van der Waals surface area contributed by atoms with E-state index >= 15 is 0 Å². The molecule has 0 bridgehead atoms. The maximum Gasteiger partial charge on any atom is 0.271 e. The molecule has 138 valence electrons. The lowest BCUT2D eigenvalue weighted by molar-refractivity contribution is 0.0946. The molecular weight excluding hydrogens is 366 g/mol. The molecule has 1 aliphatic rings. The number of nitrogens with one attached hydrogen (secondary N) is 2. The second kappa shape index (κ2) is 7.20. The lowest BCUT2D eigenvalue weighted by Crippen LogP contribution is -2.23. The van der Waals surface area contributed by atoms with E-state index in [1.165, 1.54) is 11.3 Å². The summed E-state index contributed by atoms with van der Waals surface area (Å²) in [7, 11) is 0. The van der Waals surface area contributed by atoms with Gasteiger partial charge in [0, 0.05) is 23.3 Å². The quantitative estimate of drug-likeness (QED) is 0.699. The zero-order valence-electron chi connectivity index (χ0n) is 14.8. The molecule has 8 nitrogen and oxygen atoms in total. The number of fused-ring (bicyclic) bond motifs is 1. The highest BCUT2D eigenvalue weighted by Gasteiger charge is 2.15.